The van der Waals surface area contributed by atoms with Gasteiger partial charge in [-0.05, 0) is 49.5 Å². The van der Waals surface area contributed by atoms with Gasteiger partial charge in [0.25, 0.3) is 0 Å². The predicted molar refractivity (Wildman–Crippen MR) is 90.6 cm³/mol. The summed E-state index contributed by atoms with van der Waals surface area (Å²) >= 11 is 0. The fourth-order valence-electron chi connectivity index (χ4n) is 3.51. The third kappa shape index (κ3) is 3.81. The molecule has 23 heavy (non-hydrogen) atoms. The molecule has 1 aromatic rings. The van der Waals surface area contributed by atoms with Crippen LogP contribution in [0.3, 0.4) is 0 Å². The van der Waals surface area contributed by atoms with E-state index in [1.165, 1.54) is 0 Å². The van der Waals surface area contributed by atoms with Crippen LogP contribution in [0.15, 0.2) is 23.3 Å². The van der Waals surface area contributed by atoms with E-state index < -0.39 is 0 Å². The molecule has 0 spiro atoms. The molecule has 0 bridgehead atoms. The number of ether oxygens (including phenoxy) is 1. The summed E-state index contributed by atoms with van der Waals surface area (Å²) in [6.45, 7) is 4.70. The van der Waals surface area contributed by atoms with Crippen molar-refractivity contribution in [2.45, 2.75) is 45.6 Å². The van der Waals surface area contributed by atoms with Gasteiger partial charge in [-0.3, -0.25) is 9.59 Å². The van der Waals surface area contributed by atoms with E-state index in [9.17, 15) is 9.59 Å². The number of aromatic nitrogens is 1. The van der Waals surface area contributed by atoms with Crippen LogP contribution in [0.25, 0.3) is 5.57 Å². The first kappa shape index (κ1) is 16.2. The van der Waals surface area contributed by atoms with Gasteiger partial charge in [-0.15, -0.1) is 0 Å². The maximum atomic E-state index is 12.5. The second kappa shape index (κ2) is 7.26. The van der Waals surface area contributed by atoms with Crippen molar-refractivity contribution in [1.29, 1.82) is 0 Å². The molecular formula is C19H25NO3. The molecule has 1 fully saturated rings. The number of hydrogen-bond donors (Lipinski definition) is 0. The van der Waals surface area contributed by atoms with Gasteiger partial charge >= 0.3 is 0 Å². The number of aldehydes is 1. The molecule has 3 rings (SSSR count). The topological polar surface area (TPSA) is 48.3 Å². The van der Waals surface area contributed by atoms with Gasteiger partial charge < -0.3 is 9.30 Å². The van der Waals surface area contributed by atoms with Crippen molar-refractivity contribution in [3.8, 4) is 0 Å². The maximum absolute atomic E-state index is 12.5. The summed E-state index contributed by atoms with van der Waals surface area (Å²) in [6.07, 6.45) is 11.7. The van der Waals surface area contributed by atoms with E-state index in [1.807, 2.05) is 10.8 Å². The van der Waals surface area contributed by atoms with Crippen molar-refractivity contribution in [1.82, 2.24) is 4.57 Å². The molecule has 1 atom stereocenters. The number of pyridine rings is 1. The van der Waals surface area contributed by atoms with Gasteiger partial charge in [0.05, 0.1) is 5.56 Å². The second-order valence-corrected chi connectivity index (χ2v) is 6.94. The lowest BCUT2D eigenvalue weighted by Gasteiger charge is -2.24. The van der Waals surface area contributed by atoms with Crippen LogP contribution >= 0.6 is 0 Å². The van der Waals surface area contributed by atoms with Gasteiger partial charge in [0, 0.05) is 37.7 Å². The zero-order valence-corrected chi connectivity index (χ0v) is 13.8. The number of nitrogens with zero attached hydrogens (tertiary/aromatic N) is 1. The van der Waals surface area contributed by atoms with Crippen molar-refractivity contribution in [2.24, 2.45) is 11.8 Å². The molecule has 0 saturated carbocycles. The standard InChI is InChI=1S/C19H25NO3/c1-14-2-4-16(5-3-14)18-12-20(11-17(13-21)19(18)22)10-15-6-8-23-9-7-15/h4,11-15H,2-3,5-10H2,1H3/t14-/m1/s1. The zero-order valence-electron chi connectivity index (χ0n) is 13.8. The number of carbonyl (C=O) groups excluding carboxylic acids is 1. The van der Waals surface area contributed by atoms with Gasteiger partial charge in [0.2, 0.25) is 0 Å². The fourth-order valence-corrected chi connectivity index (χ4v) is 3.51. The quantitative estimate of drug-likeness (QED) is 0.801. The van der Waals surface area contributed by atoms with E-state index in [1.54, 1.807) is 6.20 Å². The third-order valence-electron chi connectivity index (χ3n) is 5.06. The van der Waals surface area contributed by atoms with E-state index >= 15 is 0 Å². The highest BCUT2D eigenvalue weighted by Gasteiger charge is 2.18. The SMILES string of the molecule is C[C@@H]1CC=C(c2cn(CC3CCOCC3)cc(C=O)c2=O)CC1. The van der Waals surface area contributed by atoms with E-state index in [0.29, 0.717) is 23.7 Å². The molecule has 0 radical (unpaired) electrons. The first-order valence-corrected chi connectivity index (χ1v) is 8.63. The summed E-state index contributed by atoms with van der Waals surface area (Å²) in [7, 11) is 0. The van der Waals surface area contributed by atoms with Crippen molar-refractivity contribution in [2.75, 3.05) is 13.2 Å². The van der Waals surface area contributed by atoms with Gasteiger partial charge in [-0.1, -0.05) is 13.0 Å². The molecule has 4 nitrogen and oxygen atoms in total. The van der Waals surface area contributed by atoms with Gasteiger partial charge in [0.15, 0.2) is 11.7 Å². The minimum Gasteiger partial charge on any atom is -0.381 e. The first-order valence-electron chi connectivity index (χ1n) is 8.63. The van der Waals surface area contributed by atoms with Gasteiger partial charge in [-0.25, -0.2) is 0 Å². The van der Waals surface area contributed by atoms with Crippen molar-refractivity contribution in [3.05, 3.63) is 39.8 Å². The molecule has 1 saturated heterocycles. The molecule has 0 aromatic carbocycles. The molecule has 0 unspecified atom stereocenters. The van der Waals surface area contributed by atoms with Gasteiger partial charge in [-0.2, -0.15) is 0 Å². The summed E-state index contributed by atoms with van der Waals surface area (Å²) in [4.78, 5) is 23.8. The lowest BCUT2D eigenvalue weighted by molar-refractivity contribution is 0.0612. The minimum absolute atomic E-state index is 0.121. The largest absolute Gasteiger partial charge is 0.381 e. The van der Waals surface area contributed by atoms with Crippen LogP contribution in [0.5, 0.6) is 0 Å². The average Bonchev–Trinajstić information content (AvgIpc) is 2.58. The van der Waals surface area contributed by atoms with E-state index in [-0.39, 0.29) is 11.0 Å². The van der Waals surface area contributed by atoms with Crippen LogP contribution in [0.4, 0.5) is 0 Å². The Morgan fingerprint density at radius 1 is 1.26 bits per heavy atom. The van der Waals surface area contributed by atoms with Crippen LogP contribution in [-0.2, 0) is 11.3 Å². The Morgan fingerprint density at radius 2 is 2.04 bits per heavy atom. The van der Waals surface area contributed by atoms with E-state index in [2.05, 4.69) is 13.0 Å². The Hall–Kier alpha value is -1.68. The lowest BCUT2D eigenvalue weighted by Crippen LogP contribution is -2.23. The van der Waals surface area contributed by atoms with Crippen molar-refractivity contribution >= 4 is 11.9 Å². The highest BCUT2D eigenvalue weighted by molar-refractivity contribution is 5.77. The van der Waals surface area contributed by atoms with Crippen LogP contribution in [0, 0.1) is 11.8 Å². The summed E-state index contributed by atoms with van der Waals surface area (Å²) in [5, 5.41) is 0. The van der Waals surface area contributed by atoms with Crippen LogP contribution < -0.4 is 5.43 Å². The molecule has 124 valence electrons. The summed E-state index contributed by atoms with van der Waals surface area (Å²) in [5.74, 6) is 1.23. The molecule has 2 heterocycles. The Bertz CT molecular complexity index is 653. The molecule has 1 aromatic heterocycles. The summed E-state index contributed by atoms with van der Waals surface area (Å²) < 4.78 is 7.44. The van der Waals surface area contributed by atoms with Crippen molar-refractivity contribution < 1.29 is 9.53 Å². The highest BCUT2D eigenvalue weighted by Crippen LogP contribution is 2.28. The third-order valence-corrected chi connectivity index (χ3v) is 5.06. The zero-order chi connectivity index (χ0) is 16.2. The second-order valence-electron chi connectivity index (χ2n) is 6.94. The summed E-state index contributed by atoms with van der Waals surface area (Å²) in [5.41, 5.74) is 1.98. The number of carbonyl (C=O) groups is 1. The van der Waals surface area contributed by atoms with Crippen LogP contribution in [0.1, 0.15) is 54.9 Å². The molecule has 0 amide bonds. The van der Waals surface area contributed by atoms with Crippen LogP contribution in [-0.4, -0.2) is 24.1 Å². The molecule has 0 N–H and O–H groups in total. The van der Waals surface area contributed by atoms with E-state index in [4.69, 9.17) is 4.74 Å². The smallest absolute Gasteiger partial charge is 0.199 e. The monoisotopic (exact) mass is 315 g/mol. The Labute approximate surface area is 137 Å². The Balaban J connectivity index is 1.90. The maximum Gasteiger partial charge on any atom is 0.199 e. The molecule has 1 aliphatic heterocycles. The Kier molecular flexibility index (Phi) is 5.11. The normalized spacial score (nSPS) is 22.7. The molecular weight excluding hydrogens is 290 g/mol. The number of hydrogen-bond acceptors (Lipinski definition) is 3. The Morgan fingerprint density at radius 3 is 2.70 bits per heavy atom. The van der Waals surface area contributed by atoms with Gasteiger partial charge in [0.1, 0.15) is 0 Å². The van der Waals surface area contributed by atoms with E-state index in [0.717, 1.165) is 57.4 Å². The van der Waals surface area contributed by atoms with Crippen LogP contribution in [0.2, 0.25) is 0 Å². The molecule has 4 heteroatoms. The lowest BCUT2D eigenvalue weighted by atomic mass is 9.87. The fraction of sp³-hybridized carbons (Fsp3) is 0.579. The molecule has 2 aliphatic rings. The number of rotatable bonds is 4. The number of allylic oxidation sites excluding steroid dienone is 2. The first-order chi connectivity index (χ1) is 11.2. The molecule has 1 aliphatic carbocycles. The highest BCUT2D eigenvalue weighted by atomic mass is 16.5. The van der Waals surface area contributed by atoms with Crippen molar-refractivity contribution in [3.63, 3.8) is 0 Å². The minimum atomic E-state index is -0.121. The summed E-state index contributed by atoms with van der Waals surface area (Å²) in [6, 6.07) is 0. The average molecular weight is 315 g/mol. The predicted octanol–water partition coefficient (Wildman–Crippen LogP) is 3.29.